The highest BCUT2D eigenvalue weighted by Crippen LogP contribution is 2.30. The van der Waals surface area contributed by atoms with E-state index >= 15 is 0 Å². The number of benzene rings is 4. The molecule has 0 radical (unpaired) electrons. The van der Waals surface area contributed by atoms with Crippen molar-refractivity contribution >= 4 is 65.9 Å². The van der Waals surface area contributed by atoms with Crippen molar-refractivity contribution in [3.63, 3.8) is 0 Å². The molecule has 19 nitrogen and oxygen atoms in total. The molecule has 8 rings (SSSR count). The molecule has 0 aliphatic carbocycles. The predicted octanol–water partition coefficient (Wildman–Crippen LogP) is 8.23. The van der Waals surface area contributed by atoms with E-state index in [1.54, 1.807) is 85.2 Å². The zero-order valence-electron chi connectivity index (χ0n) is 35.1. The lowest BCUT2D eigenvalue weighted by molar-refractivity contribution is 0.116. The predicted molar refractivity (Wildman–Crippen MR) is 256 cm³/mol. The molecular weight excluding hydrogens is 1050 g/mol. The zero-order valence-corrected chi connectivity index (χ0v) is 38.8. The van der Waals surface area contributed by atoms with Crippen LogP contribution in [0, 0.1) is 11.6 Å². The Labute approximate surface area is 401 Å². The first kappa shape index (κ1) is 51.8. The van der Waals surface area contributed by atoms with Crippen molar-refractivity contribution in [1.82, 2.24) is 50.8 Å². The first-order valence-electron chi connectivity index (χ1n) is 19.1. The number of aromatic nitrogens is 10. The molecule has 8 aromatic rings. The topological polar surface area (TPSA) is 261 Å². The Hall–Kier alpha value is -7.20. The number of hydrogen-bond donors (Lipinski definition) is 5. The number of nitrogens with one attached hydrogen (secondary N) is 5. The third-order valence-corrected chi connectivity index (χ3v) is 10.0. The largest absolute Gasteiger partial charge is 0.415 e. The minimum absolute atomic E-state index is 0. The summed E-state index contributed by atoms with van der Waals surface area (Å²) >= 11 is 2.15. The van der Waals surface area contributed by atoms with Crippen LogP contribution in [0.1, 0.15) is 54.1 Å². The van der Waals surface area contributed by atoms with Crippen LogP contribution < -0.4 is 20.1 Å². The van der Waals surface area contributed by atoms with E-state index in [0.29, 0.717) is 34.3 Å². The highest BCUT2D eigenvalue weighted by atomic mass is 127. The molecule has 0 aliphatic heterocycles. The molecular formula is C42H41F4IN14O5S2. The van der Waals surface area contributed by atoms with Crippen molar-refractivity contribution in [1.29, 1.82) is 0 Å². The highest BCUT2D eigenvalue weighted by Gasteiger charge is 2.20. The number of alkyl halides is 3. The summed E-state index contributed by atoms with van der Waals surface area (Å²) in [6.45, 7) is 0. The average Bonchev–Trinajstić information content (AvgIpc) is 4.04. The quantitative estimate of drug-likeness (QED) is 0.0368. The summed E-state index contributed by atoms with van der Waals surface area (Å²) in [5.74, 6) is -0.816. The number of tetrazole rings is 1. The molecule has 4 aromatic carbocycles. The van der Waals surface area contributed by atoms with E-state index in [1.165, 1.54) is 36.7 Å². The fraction of sp³-hybridized carbons (Fsp3) is 0.167. The fourth-order valence-electron chi connectivity index (χ4n) is 5.96. The standard InChI is InChI=1S/C21H17F3N6O3S.C19H17FN8O2S.CH3I.CH4/c1-34(31,32)30-16-8-4-13(5-9-16)17(12-2-6-15(22)7-3-12)27-21-25-10-14(11-26-21)19-28-29-20(33-19)18(23)24;1-31(29,30)26-16-8-4-13(5-9-16)17(12-2-6-15(20)7-3-12)23-19-21-10-14(11-22-19)18-24-27-28-25-18;1-2;/h2-11,17-18,30H,1H3,(H,25,26,27);2-11,17,26H,1H3,(H,21,22,23)(H,24,25,27,28);1H3;1H4. The maximum Gasteiger partial charge on any atom is 0.314 e. The molecule has 356 valence electrons. The number of halogens is 5. The lowest BCUT2D eigenvalue weighted by Gasteiger charge is -2.20. The lowest BCUT2D eigenvalue weighted by Crippen LogP contribution is -2.15. The highest BCUT2D eigenvalue weighted by molar-refractivity contribution is 14.1. The van der Waals surface area contributed by atoms with Crippen molar-refractivity contribution < 1.29 is 38.8 Å². The number of aromatic amines is 1. The molecule has 2 atom stereocenters. The summed E-state index contributed by atoms with van der Waals surface area (Å²) in [6, 6.07) is 24.3. The molecule has 0 fully saturated rings. The van der Waals surface area contributed by atoms with Gasteiger partial charge in [0.1, 0.15) is 11.6 Å². The van der Waals surface area contributed by atoms with Gasteiger partial charge in [-0.05, 0) is 80.9 Å². The normalized spacial score (nSPS) is 12.0. The second-order valence-corrected chi connectivity index (χ2v) is 17.3. The summed E-state index contributed by atoms with van der Waals surface area (Å²) in [6.07, 6.45) is 5.02. The third kappa shape index (κ3) is 14.9. The molecule has 0 bridgehead atoms. The first-order valence-corrected chi connectivity index (χ1v) is 25.1. The molecule has 0 aliphatic rings. The Morgan fingerprint density at radius 1 is 0.574 bits per heavy atom. The van der Waals surface area contributed by atoms with Gasteiger partial charge in [-0.1, -0.05) is 78.5 Å². The van der Waals surface area contributed by atoms with Crippen LogP contribution in [0.25, 0.3) is 22.8 Å². The van der Waals surface area contributed by atoms with Gasteiger partial charge in [-0.2, -0.15) is 14.0 Å². The Kier molecular flexibility index (Phi) is 17.9. The Bertz CT molecular complexity index is 3040. The summed E-state index contributed by atoms with van der Waals surface area (Å²) in [4.78, 5) is 18.9. The van der Waals surface area contributed by atoms with Crippen LogP contribution in [0.2, 0.25) is 0 Å². The van der Waals surface area contributed by atoms with Crippen LogP contribution in [-0.4, -0.2) is 85.0 Å². The maximum absolute atomic E-state index is 13.5. The van der Waals surface area contributed by atoms with Crippen LogP contribution in [0.5, 0.6) is 0 Å². The number of H-pyrrole nitrogens is 1. The van der Waals surface area contributed by atoms with Gasteiger partial charge >= 0.3 is 6.43 Å². The molecule has 0 spiro atoms. The van der Waals surface area contributed by atoms with Crippen molar-refractivity contribution in [3.05, 3.63) is 162 Å². The molecule has 0 saturated carbocycles. The summed E-state index contributed by atoms with van der Waals surface area (Å²) in [7, 11) is -6.81. The van der Waals surface area contributed by atoms with E-state index < -0.39 is 50.3 Å². The number of nitrogens with zero attached hydrogens (tertiary/aromatic N) is 9. The van der Waals surface area contributed by atoms with Gasteiger partial charge in [0.05, 0.1) is 35.7 Å². The van der Waals surface area contributed by atoms with Gasteiger partial charge in [0.2, 0.25) is 37.8 Å². The molecule has 2 unspecified atom stereocenters. The van der Waals surface area contributed by atoms with E-state index in [-0.39, 0.29) is 30.6 Å². The van der Waals surface area contributed by atoms with E-state index in [9.17, 15) is 34.4 Å². The maximum atomic E-state index is 13.5. The van der Waals surface area contributed by atoms with Gasteiger partial charge in [-0.15, -0.1) is 20.4 Å². The lowest BCUT2D eigenvalue weighted by atomic mass is 9.98. The van der Waals surface area contributed by atoms with Gasteiger partial charge in [0, 0.05) is 36.2 Å². The molecule has 68 heavy (non-hydrogen) atoms. The summed E-state index contributed by atoms with van der Waals surface area (Å²) < 4.78 is 108. The van der Waals surface area contributed by atoms with Gasteiger partial charge in [-0.25, -0.2) is 45.6 Å². The number of hydrogen-bond acceptors (Lipinski definition) is 16. The molecule has 4 aromatic heterocycles. The Morgan fingerprint density at radius 2 is 0.956 bits per heavy atom. The minimum Gasteiger partial charge on any atom is -0.415 e. The van der Waals surface area contributed by atoms with Crippen LogP contribution >= 0.6 is 22.6 Å². The smallest absolute Gasteiger partial charge is 0.314 e. The average molecular weight is 1090 g/mol. The fourth-order valence-corrected chi connectivity index (χ4v) is 7.09. The molecule has 0 saturated heterocycles. The third-order valence-electron chi connectivity index (χ3n) is 8.83. The zero-order chi connectivity index (χ0) is 48.1. The number of sulfonamides is 2. The monoisotopic (exact) mass is 1090 g/mol. The van der Waals surface area contributed by atoms with E-state index in [4.69, 9.17) is 4.42 Å². The second-order valence-electron chi connectivity index (χ2n) is 13.8. The van der Waals surface area contributed by atoms with Crippen molar-refractivity contribution in [2.24, 2.45) is 0 Å². The SMILES string of the molecule is C.CI.CS(=O)(=O)Nc1ccc(C(Nc2ncc(-c3nn[nH]n3)cn2)c2ccc(F)cc2)cc1.CS(=O)(=O)Nc1ccc(C(Nc2ncc(-c3nnc(C(F)F)o3)cn2)c2ccc(F)cc2)cc1. The van der Waals surface area contributed by atoms with Crippen molar-refractivity contribution in [3.8, 4) is 22.8 Å². The number of anilines is 4. The van der Waals surface area contributed by atoms with Crippen molar-refractivity contribution in [2.45, 2.75) is 25.9 Å². The van der Waals surface area contributed by atoms with E-state index in [2.05, 4.69) is 93.4 Å². The molecule has 5 N–H and O–H groups in total. The molecule has 26 heteroatoms. The minimum atomic E-state index is -3.43. The first-order chi connectivity index (χ1) is 32.0. The summed E-state index contributed by atoms with van der Waals surface area (Å²) in [5.41, 5.74) is 4.64. The van der Waals surface area contributed by atoms with Gasteiger partial charge in [-0.3, -0.25) is 9.44 Å². The van der Waals surface area contributed by atoms with E-state index in [0.717, 1.165) is 29.2 Å². The van der Waals surface area contributed by atoms with Crippen molar-refractivity contribution in [2.75, 3.05) is 37.5 Å². The number of rotatable bonds is 15. The Morgan fingerprint density at radius 3 is 1.29 bits per heavy atom. The van der Waals surface area contributed by atoms with Gasteiger partial charge < -0.3 is 15.1 Å². The Balaban J connectivity index is 0.000000243. The van der Waals surface area contributed by atoms with Crippen LogP contribution in [0.4, 0.5) is 40.8 Å². The van der Waals surface area contributed by atoms with Gasteiger partial charge in [0.25, 0.3) is 11.8 Å². The van der Waals surface area contributed by atoms with E-state index in [1.807, 2.05) is 4.93 Å². The van der Waals surface area contributed by atoms with Crippen LogP contribution in [0.15, 0.2) is 126 Å². The summed E-state index contributed by atoms with van der Waals surface area (Å²) in [5, 5.41) is 26.8. The van der Waals surface area contributed by atoms with Crippen LogP contribution in [-0.2, 0) is 20.0 Å². The second kappa shape index (κ2) is 23.5. The van der Waals surface area contributed by atoms with Gasteiger partial charge in [0.15, 0.2) is 0 Å². The molecule has 4 heterocycles. The van der Waals surface area contributed by atoms with Crippen LogP contribution in [0.3, 0.4) is 0 Å². The molecule has 0 amide bonds.